The van der Waals surface area contributed by atoms with E-state index in [2.05, 4.69) is 33.4 Å². The first-order chi connectivity index (χ1) is 7.74. The predicted octanol–water partition coefficient (Wildman–Crippen LogP) is 2.91. The van der Waals surface area contributed by atoms with Crippen molar-refractivity contribution in [1.82, 2.24) is 5.32 Å². The van der Waals surface area contributed by atoms with Crippen molar-refractivity contribution in [3.63, 3.8) is 0 Å². The molecule has 0 bridgehead atoms. The van der Waals surface area contributed by atoms with Crippen LogP contribution in [0.5, 0.6) is 0 Å². The SMILES string of the molecule is NC1CCC(NCCc2ccc(Br)s2)CC1. The van der Waals surface area contributed by atoms with Gasteiger partial charge in [0.2, 0.25) is 0 Å². The lowest BCUT2D eigenvalue weighted by molar-refractivity contribution is 0.345. The average Bonchev–Trinajstić information content (AvgIpc) is 2.67. The Bertz CT molecular complexity index is 319. The smallest absolute Gasteiger partial charge is 0.0701 e. The van der Waals surface area contributed by atoms with Crippen LogP contribution in [0.2, 0.25) is 0 Å². The number of thiophene rings is 1. The van der Waals surface area contributed by atoms with Gasteiger partial charge in [0, 0.05) is 23.5 Å². The standard InChI is InChI=1S/C12H19BrN2S/c13-12-6-5-11(16-12)7-8-15-10-3-1-9(14)2-4-10/h5-6,9-10,15H,1-4,7-8,14H2. The molecule has 1 aromatic heterocycles. The molecule has 0 aromatic carbocycles. The molecular formula is C12H19BrN2S. The van der Waals surface area contributed by atoms with E-state index in [-0.39, 0.29) is 0 Å². The highest BCUT2D eigenvalue weighted by molar-refractivity contribution is 9.11. The Morgan fingerprint density at radius 2 is 2.06 bits per heavy atom. The fraction of sp³-hybridized carbons (Fsp3) is 0.667. The van der Waals surface area contributed by atoms with Gasteiger partial charge in [-0.25, -0.2) is 0 Å². The Kier molecular flexibility index (Phi) is 4.82. The molecule has 1 aliphatic carbocycles. The number of hydrogen-bond acceptors (Lipinski definition) is 3. The summed E-state index contributed by atoms with van der Waals surface area (Å²) in [7, 11) is 0. The summed E-state index contributed by atoms with van der Waals surface area (Å²) in [5.41, 5.74) is 5.89. The van der Waals surface area contributed by atoms with Crippen LogP contribution in [0.25, 0.3) is 0 Å². The highest BCUT2D eigenvalue weighted by Crippen LogP contribution is 2.22. The van der Waals surface area contributed by atoms with E-state index in [0.717, 1.165) is 13.0 Å². The second-order valence-electron chi connectivity index (χ2n) is 4.52. The average molecular weight is 303 g/mol. The summed E-state index contributed by atoms with van der Waals surface area (Å²) in [4.78, 5) is 1.45. The van der Waals surface area contributed by atoms with E-state index in [1.165, 1.54) is 34.3 Å². The quantitative estimate of drug-likeness (QED) is 0.897. The molecule has 0 unspecified atom stereocenters. The lowest BCUT2D eigenvalue weighted by atomic mass is 9.92. The van der Waals surface area contributed by atoms with Gasteiger partial charge in [-0.05, 0) is 60.2 Å². The first kappa shape index (κ1) is 12.6. The Balaban J connectivity index is 1.64. The van der Waals surface area contributed by atoms with Crippen molar-refractivity contribution in [1.29, 1.82) is 0 Å². The molecule has 4 heteroatoms. The van der Waals surface area contributed by atoms with Crippen molar-refractivity contribution in [3.05, 3.63) is 20.8 Å². The van der Waals surface area contributed by atoms with Crippen LogP contribution in [0.15, 0.2) is 15.9 Å². The molecule has 1 heterocycles. The van der Waals surface area contributed by atoms with Crippen molar-refractivity contribution >= 4 is 27.3 Å². The van der Waals surface area contributed by atoms with Crippen LogP contribution < -0.4 is 11.1 Å². The molecule has 1 saturated carbocycles. The third kappa shape index (κ3) is 3.84. The molecule has 0 aliphatic heterocycles. The van der Waals surface area contributed by atoms with Crippen LogP contribution in [0.1, 0.15) is 30.6 Å². The summed E-state index contributed by atoms with van der Waals surface area (Å²) in [5.74, 6) is 0. The summed E-state index contributed by atoms with van der Waals surface area (Å²) >= 11 is 5.32. The van der Waals surface area contributed by atoms with Gasteiger partial charge in [0.1, 0.15) is 0 Å². The van der Waals surface area contributed by atoms with Gasteiger partial charge in [-0.1, -0.05) is 0 Å². The van der Waals surface area contributed by atoms with Crippen LogP contribution >= 0.6 is 27.3 Å². The monoisotopic (exact) mass is 302 g/mol. The summed E-state index contributed by atoms with van der Waals surface area (Å²) < 4.78 is 1.23. The highest BCUT2D eigenvalue weighted by Gasteiger charge is 2.17. The topological polar surface area (TPSA) is 38.0 Å². The highest BCUT2D eigenvalue weighted by atomic mass is 79.9. The molecule has 16 heavy (non-hydrogen) atoms. The van der Waals surface area contributed by atoms with Crippen molar-refractivity contribution in [3.8, 4) is 0 Å². The third-order valence-electron chi connectivity index (χ3n) is 3.21. The van der Waals surface area contributed by atoms with E-state index >= 15 is 0 Å². The van der Waals surface area contributed by atoms with Gasteiger partial charge >= 0.3 is 0 Å². The van der Waals surface area contributed by atoms with Gasteiger partial charge in [0.25, 0.3) is 0 Å². The number of halogens is 1. The zero-order chi connectivity index (χ0) is 11.4. The van der Waals surface area contributed by atoms with Crippen LogP contribution in [0.3, 0.4) is 0 Å². The van der Waals surface area contributed by atoms with E-state index in [0.29, 0.717) is 12.1 Å². The molecule has 0 radical (unpaired) electrons. The fourth-order valence-corrected chi connectivity index (χ4v) is 3.69. The molecule has 1 aliphatic rings. The van der Waals surface area contributed by atoms with Crippen LogP contribution in [0, 0.1) is 0 Å². The number of nitrogens with two attached hydrogens (primary N) is 1. The minimum absolute atomic E-state index is 0.450. The molecule has 0 saturated heterocycles. The largest absolute Gasteiger partial charge is 0.328 e. The summed E-state index contributed by atoms with van der Waals surface area (Å²) in [6.07, 6.45) is 5.99. The van der Waals surface area contributed by atoms with Crippen LogP contribution in [-0.4, -0.2) is 18.6 Å². The molecular weight excluding hydrogens is 284 g/mol. The van der Waals surface area contributed by atoms with Gasteiger partial charge in [0.15, 0.2) is 0 Å². The van der Waals surface area contributed by atoms with Crippen molar-refractivity contribution in [2.75, 3.05) is 6.54 Å². The zero-order valence-corrected chi connectivity index (χ0v) is 11.8. The summed E-state index contributed by atoms with van der Waals surface area (Å²) in [5, 5.41) is 3.64. The normalized spacial score (nSPS) is 25.9. The Hall–Kier alpha value is 0.1000. The van der Waals surface area contributed by atoms with E-state index in [1.807, 2.05) is 11.3 Å². The Labute approximate surface area is 110 Å². The maximum atomic E-state index is 5.89. The second kappa shape index (κ2) is 6.15. The Morgan fingerprint density at radius 3 is 2.69 bits per heavy atom. The third-order valence-corrected chi connectivity index (χ3v) is 4.89. The minimum atomic E-state index is 0.450. The van der Waals surface area contributed by atoms with Gasteiger partial charge < -0.3 is 11.1 Å². The summed E-state index contributed by atoms with van der Waals surface area (Å²) in [6.45, 7) is 1.09. The van der Waals surface area contributed by atoms with Gasteiger partial charge in [-0.3, -0.25) is 0 Å². The number of rotatable bonds is 4. The van der Waals surface area contributed by atoms with E-state index < -0.39 is 0 Å². The molecule has 1 aromatic rings. The van der Waals surface area contributed by atoms with Crippen molar-refractivity contribution < 1.29 is 0 Å². The van der Waals surface area contributed by atoms with Gasteiger partial charge in [-0.15, -0.1) is 11.3 Å². The van der Waals surface area contributed by atoms with E-state index in [1.54, 1.807) is 0 Å². The lowest BCUT2D eigenvalue weighted by Gasteiger charge is -2.26. The molecule has 0 spiro atoms. The second-order valence-corrected chi connectivity index (χ2v) is 7.07. The molecule has 0 amide bonds. The van der Waals surface area contributed by atoms with Crippen LogP contribution in [0.4, 0.5) is 0 Å². The minimum Gasteiger partial charge on any atom is -0.328 e. The van der Waals surface area contributed by atoms with Crippen molar-refractivity contribution in [2.24, 2.45) is 5.73 Å². The van der Waals surface area contributed by atoms with Crippen molar-refractivity contribution in [2.45, 2.75) is 44.2 Å². The van der Waals surface area contributed by atoms with E-state index in [9.17, 15) is 0 Å². The maximum absolute atomic E-state index is 5.89. The number of nitrogens with one attached hydrogen (secondary N) is 1. The maximum Gasteiger partial charge on any atom is 0.0701 e. The van der Waals surface area contributed by atoms with Gasteiger partial charge in [0.05, 0.1) is 3.79 Å². The zero-order valence-electron chi connectivity index (χ0n) is 9.42. The first-order valence-corrected chi connectivity index (χ1v) is 7.58. The lowest BCUT2D eigenvalue weighted by Crippen LogP contribution is -2.38. The molecule has 2 nitrogen and oxygen atoms in total. The van der Waals surface area contributed by atoms with Gasteiger partial charge in [-0.2, -0.15) is 0 Å². The predicted molar refractivity (Wildman–Crippen MR) is 74.0 cm³/mol. The first-order valence-electron chi connectivity index (χ1n) is 5.97. The molecule has 2 rings (SSSR count). The summed E-state index contributed by atoms with van der Waals surface area (Å²) in [6, 6.07) is 5.47. The molecule has 1 fully saturated rings. The molecule has 90 valence electrons. The molecule has 3 N–H and O–H groups in total. The fourth-order valence-electron chi connectivity index (χ4n) is 2.21. The van der Waals surface area contributed by atoms with Crippen LogP contribution in [-0.2, 0) is 6.42 Å². The van der Waals surface area contributed by atoms with E-state index in [4.69, 9.17) is 5.73 Å². The Morgan fingerprint density at radius 1 is 1.31 bits per heavy atom. The number of hydrogen-bond donors (Lipinski definition) is 2. The molecule has 0 atom stereocenters.